The van der Waals surface area contributed by atoms with Crippen LogP contribution in [-0.2, 0) is 4.74 Å². The average Bonchev–Trinajstić information content (AvgIpc) is 2.58. The monoisotopic (exact) mass is 341 g/mol. The van der Waals surface area contributed by atoms with Crippen molar-refractivity contribution in [2.75, 3.05) is 6.61 Å². The van der Waals surface area contributed by atoms with Crippen LogP contribution in [0.25, 0.3) is 0 Å². The lowest BCUT2D eigenvalue weighted by Crippen LogP contribution is -2.14. The van der Waals surface area contributed by atoms with Crippen molar-refractivity contribution in [2.24, 2.45) is 0 Å². The van der Waals surface area contributed by atoms with Crippen molar-refractivity contribution in [3.8, 4) is 0 Å². The van der Waals surface area contributed by atoms with Crippen molar-refractivity contribution in [3.63, 3.8) is 0 Å². The zero-order valence-corrected chi connectivity index (χ0v) is 14.3. The first-order valence-corrected chi connectivity index (χ1v) is 7.85. The van der Waals surface area contributed by atoms with Crippen molar-refractivity contribution < 1.29 is 19.2 Å². The van der Waals surface area contributed by atoms with Crippen LogP contribution in [0.5, 0.6) is 0 Å². The maximum atomic E-state index is 12.1. The second kappa shape index (κ2) is 7.70. The van der Waals surface area contributed by atoms with Crippen molar-refractivity contribution in [2.45, 2.75) is 26.7 Å². The van der Waals surface area contributed by atoms with E-state index in [0.29, 0.717) is 17.0 Å². The van der Waals surface area contributed by atoms with Gasteiger partial charge in [-0.1, -0.05) is 38.1 Å². The summed E-state index contributed by atoms with van der Waals surface area (Å²) in [7, 11) is 0. The lowest BCUT2D eigenvalue weighted by molar-refractivity contribution is -0.385. The Bertz CT molecular complexity index is 809. The summed E-state index contributed by atoms with van der Waals surface area (Å²) in [6.07, 6.45) is 0. The van der Waals surface area contributed by atoms with Gasteiger partial charge >= 0.3 is 5.97 Å². The van der Waals surface area contributed by atoms with Gasteiger partial charge in [-0.3, -0.25) is 14.9 Å². The number of ketones is 1. The number of carbonyl (C=O) groups is 2. The van der Waals surface area contributed by atoms with E-state index in [4.69, 9.17) is 4.74 Å². The highest BCUT2D eigenvalue weighted by molar-refractivity contribution is 5.99. The van der Waals surface area contributed by atoms with Gasteiger partial charge in [-0.2, -0.15) is 0 Å². The molecule has 0 N–H and O–H groups in total. The third kappa shape index (κ3) is 4.50. The van der Waals surface area contributed by atoms with Gasteiger partial charge in [0.2, 0.25) is 0 Å². The summed E-state index contributed by atoms with van der Waals surface area (Å²) in [4.78, 5) is 34.4. The van der Waals surface area contributed by atoms with Gasteiger partial charge in [0, 0.05) is 17.2 Å². The molecule has 6 nitrogen and oxygen atoms in total. The van der Waals surface area contributed by atoms with Crippen LogP contribution in [-0.4, -0.2) is 23.3 Å². The van der Waals surface area contributed by atoms with Crippen molar-refractivity contribution >= 4 is 17.4 Å². The Hall–Kier alpha value is -3.02. The number of nitro benzene ring substituents is 1. The zero-order valence-electron chi connectivity index (χ0n) is 14.3. The molecule has 0 amide bonds. The van der Waals surface area contributed by atoms with E-state index >= 15 is 0 Å². The number of aryl methyl sites for hydroxylation is 1. The normalized spacial score (nSPS) is 10.6. The maximum Gasteiger partial charge on any atom is 0.338 e. The van der Waals surface area contributed by atoms with Gasteiger partial charge in [0.05, 0.1) is 10.5 Å². The second-order valence-corrected chi connectivity index (χ2v) is 6.03. The van der Waals surface area contributed by atoms with Crippen molar-refractivity contribution in [1.82, 2.24) is 0 Å². The van der Waals surface area contributed by atoms with Crippen LogP contribution >= 0.6 is 0 Å². The number of ether oxygens (including phenoxy) is 1. The number of hydrogen-bond donors (Lipinski definition) is 0. The molecule has 0 aliphatic heterocycles. The third-order valence-corrected chi connectivity index (χ3v) is 3.86. The number of esters is 1. The summed E-state index contributed by atoms with van der Waals surface area (Å²) in [5.74, 6) is -0.625. The Morgan fingerprint density at radius 3 is 2.20 bits per heavy atom. The molecule has 0 aliphatic rings. The van der Waals surface area contributed by atoms with E-state index in [1.165, 1.54) is 25.1 Å². The van der Waals surface area contributed by atoms with E-state index in [0.717, 1.165) is 5.56 Å². The summed E-state index contributed by atoms with van der Waals surface area (Å²) in [5, 5.41) is 10.8. The summed E-state index contributed by atoms with van der Waals surface area (Å²) < 4.78 is 5.02. The third-order valence-electron chi connectivity index (χ3n) is 3.86. The molecule has 0 atom stereocenters. The van der Waals surface area contributed by atoms with Crippen LogP contribution < -0.4 is 0 Å². The van der Waals surface area contributed by atoms with Gasteiger partial charge in [-0.05, 0) is 30.5 Å². The van der Waals surface area contributed by atoms with E-state index in [-0.39, 0.29) is 23.6 Å². The molecule has 0 aromatic heterocycles. The quantitative estimate of drug-likeness (QED) is 0.342. The van der Waals surface area contributed by atoms with Crippen molar-refractivity contribution in [3.05, 3.63) is 74.8 Å². The number of benzene rings is 2. The minimum absolute atomic E-state index is 0.0714. The molecule has 0 saturated carbocycles. The Labute approximate surface area is 145 Å². The van der Waals surface area contributed by atoms with Gasteiger partial charge < -0.3 is 4.74 Å². The van der Waals surface area contributed by atoms with Crippen LogP contribution in [0.4, 0.5) is 5.69 Å². The highest BCUT2D eigenvalue weighted by Crippen LogP contribution is 2.19. The lowest BCUT2D eigenvalue weighted by Gasteiger charge is -2.07. The van der Waals surface area contributed by atoms with Crippen LogP contribution in [0.15, 0.2) is 42.5 Å². The minimum atomic E-state index is -0.690. The van der Waals surface area contributed by atoms with E-state index in [1.807, 2.05) is 12.1 Å². The topological polar surface area (TPSA) is 86.5 Å². The summed E-state index contributed by atoms with van der Waals surface area (Å²) in [5.41, 5.74) is 2.05. The molecule has 0 bridgehead atoms. The smallest absolute Gasteiger partial charge is 0.338 e. The lowest BCUT2D eigenvalue weighted by atomic mass is 10.0. The standard InChI is InChI=1S/C19H19NO5/c1-12(2)14-4-6-15(7-5-14)18(21)11-25-19(22)16-8-9-17(20(23)24)13(3)10-16/h4-10,12H,11H2,1-3H3. The van der Waals surface area contributed by atoms with Crippen LogP contribution in [0.1, 0.15) is 51.6 Å². The molecular weight excluding hydrogens is 322 g/mol. The number of rotatable bonds is 6. The Kier molecular flexibility index (Phi) is 5.64. The molecule has 2 aromatic rings. The summed E-state index contributed by atoms with van der Waals surface area (Å²) in [6.45, 7) is 5.28. The number of nitrogens with zero attached hydrogens (tertiary/aromatic N) is 1. The van der Waals surface area contributed by atoms with Crippen LogP contribution in [0.2, 0.25) is 0 Å². The molecule has 0 radical (unpaired) electrons. The van der Waals surface area contributed by atoms with Gasteiger partial charge in [0.25, 0.3) is 5.69 Å². The maximum absolute atomic E-state index is 12.1. The predicted molar refractivity (Wildman–Crippen MR) is 93.0 cm³/mol. The highest BCUT2D eigenvalue weighted by Gasteiger charge is 2.16. The molecule has 6 heteroatoms. The molecular formula is C19H19NO5. The van der Waals surface area contributed by atoms with Gasteiger partial charge in [-0.15, -0.1) is 0 Å². The average molecular weight is 341 g/mol. The fraction of sp³-hybridized carbons (Fsp3) is 0.263. The molecule has 25 heavy (non-hydrogen) atoms. The molecule has 0 spiro atoms. The molecule has 0 heterocycles. The number of hydrogen-bond acceptors (Lipinski definition) is 5. The zero-order chi connectivity index (χ0) is 18.6. The Morgan fingerprint density at radius 2 is 1.68 bits per heavy atom. The molecule has 0 fully saturated rings. The summed E-state index contributed by atoms with van der Waals surface area (Å²) >= 11 is 0. The van der Waals surface area contributed by atoms with E-state index in [2.05, 4.69) is 13.8 Å². The van der Waals surface area contributed by atoms with E-state index in [9.17, 15) is 19.7 Å². The Morgan fingerprint density at radius 1 is 1.08 bits per heavy atom. The van der Waals surface area contributed by atoms with Gasteiger partial charge in [0.15, 0.2) is 12.4 Å². The molecule has 2 aromatic carbocycles. The van der Waals surface area contributed by atoms with E-state index < -0.39 is 10.9 Å². The molecule has 130 valence electrons. The predicted octanol–water partition coefficient (Wildman–Crippen LogP) is 4.07. The van der Waals surface area contributed by atoms with Crippen molar-refractivity contribution in [1.29, 1.82) is 0 Å². The van der Waals surface area contributed by atoms with Crippen LogP contribution in [0, 0.1) is 17.0 Å². The molecule has 0 unspecified atom stereocenters. The Balaban J connectivity index is 2.00. The fourth-order valence-electron chi connectivity index (χ4n) is 2.34. The number of Topliss-reactive ketones (excluding diaryl/α,β-unsaturated/α-hetero) is 1. The van der Waals surface area contributed by atoms with Crippen LogP contribution in [0.3, 0.4) is 0 Å². The fourth-order valence-corrected chi connectivity index (χ4v) is 2.34. The molecule has 0 aliphatic carbocycles. The number of carbonyl (C=O) groups excluding carboxylic acids is 2. The second-order valence-electron chi connectivity index (χ2n) is 6.03. The largest absolute Gasteiger partial charge is 0.454 e. The molecule has 0 saturated heterocycles. The summed E-state index contributed by atoms with van der Waals surface area (Å²) in [6, 6.07) is 11.1. The first-order valence-electron chi connectivity index (χ1n) is 7.85. The van der Waals surface area contributed by atoms with Gasteiger partial charge in [-0.25, -0.2) is 4.79 Å². The van der Waals surface area contributed by atoms with E-state index in [1.54, 1.807) is 12.1 Å². The number of nitro groups is 1. The van der Waals surface area contributed by atoms with Gasteiger partial charge in [0.1, 0.15) is 0 Å². The molecule has 2 rings (SSSR count). The first kappa shape index (κ1) is 18.3. The minimum Gasteiger partial charge on any atom is -0.454 e. The highest BCUT2D eigenvalue weighted by atomic mass is 16.6. The SMILES string of the molecule is Cc1cc(C(=O)OCC(=O)c2ccc(C(C)C)cc2)ccc1[N+](=O)[O-]. The first-order chi connectivity index (χ1) is 11.8.